The Morgan fingerprint density at radius 1 is 1.29 bits per heavy atom. The normalized spacial score (nSPS) is 17.0. The molecule has 0 bridgehead atoms. The molecule has 1 heterocycles. The number of aromatic amines is 1. The van der Waals surface area contributed by atoms with E-state index in [1.807, 2.05) is 24.3 Å². The van der Waals surface area contributed by atoms with Crippen molar-refractivity contribution < 1.29 is 5.11 Å². The van der Waals surface area contributed by atoms with Crippen LogP contribution < -0.4 is 5.69 Å². The molecular formula is C13H14N2O2. The van der Waals surface area contributed by atoms with Gasteiger partial charge in [0.05, 0.1) is 11.3 Å². The van der Waals surface area contributed by atoms with Crippen LogP contribution in [0.15, 0.2) is 41.5 Å². The molecule has 4 nitrogen and oxygen atoms in total. The summed E-state index contributed by atoms with van der Waals surface area (Å²) in [7, 11) is 0. The molecule has 88 valence electrons. The molecule has 1 fully saturated rings. The van der Waals surface area contributed by atoms with Crippen molar-refractivity contribution in [3.05, 3.63) is 52.7 Å². The topological polar surface area (TPSA) is 58.0 Å². The molecule has 1 aromatic carbocycles. The number of rotatable bonds is 3. The number of nitrogens with zero attached hydrogens (tertiary/aromatic N) is 1. The highest BCUT2D eigenvalue weighted by Gasteiger charge is 2.39. The second-order valence-corrected chi connectivity index (χ2v) is 4.70. The predicted molar refractivity (Wildman–Crippen MR) is 64.3 cm³/mol. The summed E-state index contributed by atoms with van der Waals surface area (Å²) >= 11 is 0. The fourth-order valence-electron chi connectivity index (χ4n) is 2.00. The molecule has 0 aliphatic heterocycles. The smallest absolute Gasteiger partial charge is 0.330 e. The first-order chi connectivity index (χ1) is 8.16. The molecule has 0 saturated heterocycles. The Balaban J connectivity index is 1.85. The highest BCUT2D eigenvalue weighted by atomic mass is 16.3. The number of aliphatic hydroxyl groups is 1. The zero-order chi connectivity index (χ0) is 11.9. The van der Waals surface area contributed by atoms with Gasteiger partial charge in [-0.1, -0.05) is 12.1 Å². The Labute approximate surface area is 98.5 Å². The Kier molecular flexibility index (Phi) is 2.19. The van der Waals surface area contributed by atoms with Gasteiger partial charge in [0.2, 0.25) is 0 Å². The Morgan fingerprint density at radius 2 is 2.00 bits per heavy atom. The molecule has 1 aliphatic rings. The van der Waals surface area contributed by atoms with Crippen LogP contribution in [-0.2, 0) is 6.42 Å². The highest BCUT2D eigenvalue weighted by molar-refractivity contribution is 5.35. The third kappa shape index (κ3) is 2.03. The number of imidazole rings is 1. The molecule has 0 amide bonds. The highest BCUT2D eigenvalue weighted by Crippen LogP contribution is 2.38. The van der Waals surface area contributed by atoms with Gasteiger partial charge in [0.25, 0.3) is 0 Å². The maximum Gasteiger partial charge on any atom is 0.330 e. The summed E-state index contributed by atoms with van der Waals surface area (Å²) in [4.78, 5) is 14.0. The van der Waals surface area contributed by atoms with E-state index in [1.54, 1.807) is 17.0 Å². The molecule has 0 unspecified atom stereocenters. The number of H-pyrrole nitrogens is 1. The van der Waals surface area contributed by atoms with E-state index in [2.05, 4.69) is 4.98 Å². The van der Waals surface area contributed by atoms with Crippen LogP contribution in [0.4, 0.5) is 0 Å². The maximum absolute atomic E-state index is 11.4. The van der Waals surface area contributed by atoms with Gasteiger partial charge >= 0.3 is 5.69 Å². The summed E-state index contributed by atoms with van der Waals surface area (Å²) in [6.45, 7) is 0. The third-order valence-electron chi connectivity index (χ3n) is 3.22. The average Bonchev–Trinajstić information content (AvgIpc) is 2.87. The predicted octanol–water partition coefficient (Wildman–Crippen LogP) is 1.23. The van der Waals surface area contributed by atoms with E-state index in [-0.39, 0.29) is 5.69 Å². The summed E-state index contributed by atoms with van der Waals surface area (Å²) in [5, 5.41) is 9.82. The number of nitrogens with one attached hydrogen (secondary N) is 1. The number of aromatic nitrogens is 2. The molecule has 17 heavy (non-hydrogen) atoms. The first kappa shape index (κ1) is 10.4. The van der Waals surface area contributed by atoms with E-state index < -0.39 is 5.60 Å². The van der Waals surface area contributed by atoms with Crippen LogP contribution >= 0.6 is 0 Å². The molecule has 2 aromatic rings. The van der Waals surface area contributed by atoms with Crippen molar-refractivity contribution >= 4 is 0 Å². The largest absolute Gasteiger partial charge is 0.390 e. The minimum Gasteiger partial charge on any atom is -0.390 e. The van der Waals surface area contributed by atoms with Crippen LogP contribution in [0.25, 0.3) is 5.69 Å². The molecule has 1 aliphatic carbocycles. The molecule has 0 radical (unpaired) electrons. The van der Waals surface area contributed by atoms with Gasteiger partial charge in [0.15, 0.2) is 0 Å². The lowest BCUT2D eigenvalue weighted by Crippen LogP contribution is -2.14. The van der Waals surface area contributed by atoms with E-state index in [9.17, 15) is 9.90 Å². The van der Waals surface area contributed by atoms with E-state index in [4.69, 9.17) is 0 Å². The Bertz CT molecular complexity index is 576. The summed E-state index contributed by atoms with van der Waals surface area (Å²) in [6, 6.07) is 7.72. The lowest BCUT2D eigenvalue weighted by molar-refractivity contribution is 0.151. The van der Waals surface area contributed by atoms with Gasteiger partial charge in [-0.3, -0.25) is 4.57 Å². The molecule has 1 aromatic heterocycles. The van der Waals surface area contributed by atoms with Gasteiger partial charge in [-0.2, -0.15) is 0 Å². The van der Waals surface area contributed by atoms with Gasteiger partial charge in [-0.15, -0.1) is 0 Å². The Hall–Kier alpha value is -1.81. The van der Waals surface area contributed by atoms with Crippen molar-refractivity contribution in [2.24, 2.45) is 0 Å². The lowest BCUT2D eigenvalue weighted by atomic mass is 10.1. The number of hydrogen-bond acceptors (Lipinski definition) is 2. The molecule has 3 rings (SSSR count). The molecule has 0 spiro atoms. The number of benzene rings is 1. The van der Waals surface area contributed by atoms with Crippen molar-refractivity contribution in [1.82, 2.24) is 9.55 Å². The second kappa shape index (κ2) is 3.60. The monoisotopic (exact) mass is 230 g/mol. The van der Waals surface area contributed by atoms with Gasteiger partial charge in [0.1, 0.15) is 0 Å². The maximum atomic E-state index is 11.4. The van der Waals surface area contributed by atoms with Crippen molar-refractivity contribution in [3.8, 4) is 5.69 Å². The van der Waals surface area contributed by atoms with Crippen LogP contribution in [0.5, 0.6) is 0 Å². The molecule has 4 heteroatoms. The summed E-state index contributed by atoms with van der Waals surface area (Å²) in [5.74, 6) is 0. The molecule has 2 N–H and O–H groups in total. The third-order valence-corrected chi connectivity index (χ3v) is 3.22. The molecule has 0 atom stereocenters. The summed E-state index contributed by atoms with van der Waals surface area (Å²) in [5.41, 5.74) is 1.34. The fourth-order valence-corrected chi connectivity index (χ4v) is 2.00. The minimum atomic E-state index is -0.466. The fraction of sp³-hybridized carbons (Fsp3) is 0.308. The van der Waals surface area contributed by atoms with Crippen LogP contribution in [-0.4, -0.2) is 20.3 Å². The van der Waals surface area contributed by atoms with E-state index in [1.165, 1.54) is 0 Å². The first-order valence-electron chi connectivity index (χ1n) is 5.74. The number of hydrogen-bond donors (Lipinski definition) is 2. The van der Waals surface area contributed by atoms with Gasteiger partial charge in [0, 0.05) is 18.8 Å². The summed E-state index contributed by atoms with van der Waals surface area (Å²) in [6.07, 6.45) is 5.81. The summed E-state index contributed by atoms with van der Waals surface area (Å²) < 4.78 is 1.55. The van der Waals surface area contributed by atoms with Crippen molar-refractivity contribution in [1.29, 1.82) is 0 Å². The van der Waals surface area contributed by atoms with Crippen molar-refractivity contribution in [2.75, 3.05) is 0 Å². The van der Waals surface area contributed by atoms with Crippen LogP contribution in [0.1, 0.15) is 18.4 Å². The lowest BCUT2D eigenvalue weighted by Gasteiger charge is -2.08. The quantitative estimate of drug-likeness (QED) is 0.833. The average molecular weight is 230 g/mol. The second-order valence-electron chi connectivity index (χ2n) is 4.70. The van der Waals surface area contributed by atoms with Gasteiger partial charge < -0.3 is 10.1 Å². The van der Waals surface area contributed by atoms with E-state index in [0.29, 0.717) is 6.42 Å². The van der Waals surface area contributed by atoms with Gasteiger partial charge in [-0.25, -0.2) is 4.79 Å². The molecule has 1 saturated carbocycles. The van der Waals surface area contributed by atoms with Crippen molar-refractivity contribution in [2.45, 2.75) is 24.9 Å². The van der Waals surface area contributed by atoms with Crippen molar-refractivity contribution in [3.63, 3.8) is 0 Å². The SMILES string of the molecule is O=c1[nH]ccn1-c1ccc(CC2(O)CC2)cc1. The van der Waals surface area contributed by atoms with E-state index in [0.717, 1.165) is 24.1 Å². The molecular weight excluding hydrogens is 216 g/mol. The minimum absolute atomic E-state index is 0.140. The standard InChI is InChI=1S/C13H14N2O2/c16-12-14-7-8-15(12)11-3-1-10(2-4-11)9-13(17)5-6-13/h1-4,7-8,17H,5-6,9H2,(H,14,16). The van der Waals surface area contributed by atoms with Crippen LogP contribution in [0.2, 0.25) is 0 Å². The zero-order valence-corrected chi connectivity index (χ0v) is 9.39. The van der Waals surface area contributed by atoms with E-state index >= 15 is 0 Å². The van der Waals surface area contributed by atoms with Crippen LogP contribution in [0, 0.1) is 0 Å². The Morgan fingerprint density at radius 3 is 2.53 bits per heavy atom. The zero-order valence-electron chi connectivity index (χ0n) is 9.39. The van der Waals surface area contributed by atoms with Crippen LogP contribution in [0.3, 0.4) is 0 Å². The van der Waals surface area contributed by atoms with Gasteiger partial charge in [-0.05, 0) is 30.5 Å². The first-order valence-corrected chi connectivity index (χ1v) is 5.74.